The number of unbranched alkanes of at least 4 members (excludes halogenated alkanes) is 12. The van der Waals surface area contributed by atoms with Gasteiger partial charge >= 0.3 is 0 Å². The molecule has 0 aliphatic rings. The van der Waals surface area contributed by atoms with Crippen LogP contribution in [-0.4, -0.2) is 18.3 Å². The molecule has 1 rings (SSSR count). The van der Waals surface area contributed by atoms with E-state index in [2.05, 4.69) is 31.7 Å². The van der Waals surface area contributed by atoms with Gasteiger partial charge in [-0.05, 0) is 63.1 Å². The zero-order valence-electron chi connectivity index (χ0n) is 21.1. The lowest BCUT2D eigenvalue weighted by Crippen LogP contribution is -2.03. The molecule has 1 aromatic rings. The lowest BCUT2D eigenvalue weighted by atomic mass is 10.1. The van der Waals surface area contributed by atoms with Crippen molar-refractivity contribution in [2.75, 3.05) is 13.2 Å². The quantitative estimate of drug-likeness (QED) is 0.108. The van der Waals surface area contributed by atoms with Gasteiger partial charge in [-0.15, -0.1) is 0 Å². The molecule has 0 fully saturated rings. The van der Waals surface area contributed by atoms with E-state index in [9.17, 15) is 5.11 Å². The number of ether oxygens (including phenoxy) is 2. The Labute approximate surface area is 203 Å². The van der Waals surface area contributed by atoms with Gasteiger partial charge in [-0.2, -0.15) is 0 Å². The van der Waals surface area contributed by atoms with Crippen LogP contribution >= 0.6 is 0 Å². The number of hydrogen-bond donors (Lipinski definition) is 1. The van der Waals surface area contributed by atoms with E-state index >= 15 is 0 Å². The Morgan fingerprint density at radius 3 is 1.85 bits per heavy atom. The summed E-state index contributed by atoms with van der Waals surface area (Å²) in [6.45, 7) is 7.21. The van der Waals surface area contributed by atoms with Crippen molar-refractivity contribution in [3.8, 4) is 11.5 Å². The SMILES string of the molecule is C=CC=CCCCCCCCCOc1cc(CO)ccc1OCCCCCCCCC=CC. The van der Waals surface area contributed by atoms with Gasteiger partial charge in [0.05, 0.1) is 19.8 Å². The van der Waals surface area contributed by atoms with E-state index in [0.717, 1.165) is 42.9 Å². The Hall–Kier alpha value is -2.00. The first-order valence-electron chi connectivity index (χ1n) is 13.2. The van der Waals surface area contributed by atoms with Gasteiger partial charge in [-0.3, -0.25) is 0 Å². The van der Waals surface area contributed by atoms with Crippen molar-refractivity contribution in [1.29, 1.82) is 0 Å². The van der Waals surface area contributed by atoms with Gasteiger partial charge in [0.2, 0.25) is 0 Å². The maximum absolute atomic E-state index is 9.47. The van der Waals surface area contributed by atoms with Crippen molar-refractivity contribution in [1.82, 2.24) is 0 Å². The highest BCUT2D eigenvalue weighted by atomic mass is 16.5. The smallest absolute Gasteiger partial charge is 0.161 e. The second kappa shape index (κ2) is 21.8. The van der Waals surface area contributed by atoms with Gasteiger partial charge in [0.25, 0.3) is 0 Å². The second-order valence-electron chi connectivity index (χ2n) is 8.69. The zero-order valence-corrected chi connectivity index (χ0v) is 21.1. The van der Waals surface area contributed by atoms with Crippen molar-refractivity contribution in [3.63, 3.8) is 0 Å². The molecule has 33 heavy (non-hydrogen) atoms. The van der Waals surface area contributed by atoms with Gasteiger partial charge in [-0.25, -0.2) is 0 Å². The summed E-state index contributed by atoms with van der Waals surface area (Å²) >= 11 is 0. The molecule has 186 valence electrons. The molecule has 0 saturated heterocycles. The van der Waals surface area contributed by atoms with Gasteiger partial charge < -0.3 is 14.6 Å². The molecule has 0 bridgehead atoms. The molecule has 0 unspecified atom stereocenters. The number of rotatable bonds is 22. The topological polar surface area (TPSA) is 38.7 Å². The van der Waals surface area contributed by atoms with Crippen LogP contribution in [0.4, 0.5) is 0 Å². The molecule has 1 aromatic carbocycles. The molecule has 0 atom stereocenters. The predicted octanol–water partition coefficient (Wildman–Crippen LogP) is 8.72. The minimum absolute atomic E-state index is 0.0205. The molecule has 0 aliphatic carbocycles. The Morgan fingerprint density at radius 1 is 0.727 bits per heavy atom. The third-order valence-electron chi connectivity index (χ3n) is 5.74. The minimum Gasteiger partial charge on any atom is -0.490 e. The van der Waals surface area contributed by atoms with Crippen LogP contribution in [0.5, 0.6) is 11.5 Å². The first-order valence-corrected chi connectivity index (χ1v) is 13.2. The molecule has 0 amide bonds. The molecular weight excluding hydrogens is 408 g/mol. The van der Waals surface area contributed by atoms with Crippen molar-refractivity contribution >= 4 is 0 Å². The van der Waals surface area contributed by atoms with Gasteiger partial charge in [0.15, 0.2) is 11.5 Å². The predicted molar refractivity (Wildman–Crippen MR) is 142 cm³/mol. The van der Waals surface area contributed by atoms with Gasteiger partial charge in [-0.1, -0.05) is 94.4 Å². The number of benzene rings is 1. The maximum atomic E-state index is 9.47. The number of aliphatic hydroxyl groups excluding tert-OH is 1. The Balaban J connectivity index is 2.19. The average molecular weight is 457 g/mol. The highest BCUT2D eigenvalue weighted by molar-refractivity contribution is 5.42. The normalized spacial score (nSPS) is 11.5. The Bertz CT molecular complexity index is 648. The lowest BCUT2D eigenvalue weighted by molar-refractivity contribution is 0.254. The van der Waals surface area contributed by atoms with Crippen LogP contribution < -0.4 is 9.47 Å². The molecule has 3 nitrogen and oxygen atoms in total. The number of aliphatic hydroxyl groups is 1. The third kappa shape index (κ3) is 16.3. The third-order valence-corrected chi connectivity index (χ3v) is 5.74. The van der Waals surface area contributed by atoms with E-state index < -0.39 is 0 Å². The fourth-order valence-electron chi connectivity index (χ4n) is 3.75. The summed E-state index contributed by atoms with van der Waals surface area (Å²) in [6.07, 6.45) is 27.6. The van der Waals surface area contributed by atoms with E-state index in [0.29, 0.717) is 6.61 Å². The molecule has 0 spiro atoms. The lowest BCUT2D eigenvalue weighted by Gasteiger charge is -2.14. The minimum atomic E-state index is 0.0205. The van der Waals surface area contributed by atoms with Crippen molar-refractivity contribution in [2.45, 2.75) is 103 Å². The summed E-state index contributed by atoms with van der Waals surface area (Å²) in [5.41, 5.74) is 0.862. The van der Waals surface area contributed by atoms with E-state index in [1.54, 1.807) is 0 Å². The first kappa shape index (κ1) is 29.0. The second-order valence-corrected chi connectivity index (χ2v) is 8.69. The van der Waals surface area contributed by atoms with Gasteiger partial charge in [0, 0.05) is 0 Å². The van der Waals surface area contributed by atoms with Crippen LogP contribution in [-0.2, 0) is 6.61 Å². The summed E-state index contributed by atoms with van der Waals surface area (Å²) in [5, 5.41) is 9.47. The molecule has 0 radical (unpaired) electrons. The van der Waals surface area contributed by atoms with Gasteiger partial charge in [0.1, 0.15) is 0 Å². The summed E-state index contributed by atoms with van der Waals surface area (Å²) < 4.78 is 12.1. The van der Waals surface area contributed by atoms with E-state index in [4.69, 9.17) is 9.47 Å². The summed E-state index contributed by atoms with van der Waals surface area (Å²) in [4.78, 5) is 0. The molecule has 1 N–H and O–H groups in total. The van der Waals surface area contributed by atoms with Crippen molar-refractivity contribution in [2.24, 2.45) is 0 Å². The van der Waals surface area contributed by atoms with Crippen LogP contribution in [0.2, 0.25) is 0 Å². The van der Waals surface area contributed by atoms with Crippen LogP contribution in [0, 0.1) is 0 Å². The molecule has 0 aromatic heterocycles. The Morgan fingerprint density at radius 2 is 1.27 bits per heavy atom. The maximum Gasteiger partial charge on any atom is 0.161 e. The fourth-order valence-corrected chi connectivity index (χ4v) is 3.75. The fraction of sp³-hybridized carbons (Fsp3) is 0.600. The highest BCUT2D eigenvalue weighted by Crippen LogP contribution is 2.29. The van der Waals surface area contributed by atoms with Crippen LogP contribution in [0.25, 0.3) is 0 Å². The molecule has 0 saturated carbocycles. The number of hydrogen-bond acceptors (Lipinski definition) is 3. The van der Waals surface area contributed by atoms with E-state index in [1.165, 1.54) is 70.6 Å². The summed E-state index contributed by atoms with van der Waals surface area (Å²) in [5.74, 6) is 1.56. The molecule has 0 aliphatic heterocycles. The average Bonchev–Trinajstić information content (AvgIpc) is 2.84. The molecular formula is C30H48O3. The van der Waals surface area contributed by atoms with E-state index in [-0.39, 0.29) is 6.61 Å². The zero-order chi connectivity index (χ0) is 23.8. The molecule has 3 heteroatoms. The first-order chi connectivity index (χ1) is 16.3. The monoisotopic (exact) mass is 456 g/mol. The largest absolute Gasteiger partial charge is 0.490 e. The van der Waals surface area contributed by atoms with Crippen LogP contribution in [0.1, 0.15) is 102 Å². The summed E-state index contributed by atoms with van der Waals surface area (Å²) in [6, 6.07) is 5.76. The molecule has 0 heterocycles. The standard InChI is InChI=1S/C30H48O3/c1-3-5-7-9-11-13-15-17-19-21-25-33-30-26-28(27-31)22-23-29(30)32-24-20-18-16-14-12-10-8-6-4-2/h3-7,22-23,26,31H,1,8-21,24-25,27H2,2H3. The van der Waals surface area contributed by atoms with Crippen molar-refractivity contribution in [3.05, 3.63) is 60.7 Å². The van der Waals surface area contributed by atoms with Crippen LogP contribution in [0.3, 0.4) is 0 Å². The van der Waals surface area contributed by atoms with Crippen LogP contribution in [0.15, 0.2) is 55.2 Å². The summed E-state index contributed by atoms with van der Waals surface area (Å²) in [7, 11) is 0. The highest BCUT2D eigenvalue weighted by Gasteiger charge is 2.07. The Kier molecular flexibility index (Phi) is 19.2. The number of allylic oxidation sites excluding steroid dienone is 5. The van der Waals surface area contributed by atoms with Crippen molar-refractivity contribution < 1.29 is 14.6 Å². The van der Waals surface area contributed by atoms with E-state index in [1.807, 2.05) is 30.4 Å².